The lowest BCUT2D eigenvalue weighted by Crippen LogP contribution is -2.24. The Morgan fingerprint density at radius 2 is 2.00 bits per heavy atom. The molecule has 3 heteroatoms. The second kappa shape index (κ2) is 6.69. The first-order valence-corrected chi connectivity index (χ1v) is 6.40. The molecular weight excluding hydrogens is 198 g/mol. The summed E-state index contributed by atoms with van der Waals surface area (Å²) in [5.74, 6) is 1.92. The Balaban J connectivity index is 2.55. The van der Waals surface area contributed by atoms with Gasteiger partial charge in [-0.1, -0.05) is 40.5 Å². The van der Waals surface area contributed by atoms with Crippen molar-refractivity contribution in [3.8, 4) is 0 Å². The largest absolute Gasteiger partial charge is 0.334 e. The highest BCUT2D eigenvalue weighted by Gasteiger charge is 2.08. The van der Waals surface area contributed by atoms with Gasteiger partial charge in [0, 0.05) is 25.0 Å². The first-order chi connectivity index (χ1) is 7.67. The Morgan fingerprint density at radius 3 is 2.56 bits per heavy atom. The van der Waals surface area contributed by atoms with Gasteiger partial charge in [-0.05, 0) is 5.92 Å². The predicted molar refractivity (Wildman–Crippen MR) is 68.3 cm³/mol. The van der Waals surface area contributed by atoms with Gasteiger partial charge in [0.25, 0.3) is 0 Å². The molecule has 1 heterocycles. The molecule has 1 rings (SSSR count). The summed E-state index contributed by atoms with van der Waals surface area (Å²) < 4.78 is 2.28. The van der Waals surface area contributed by atoms with E-state index in [1.54, 1.807) is 0 Å². The Bertz CT molecular complexity index is 287. The Kier molecular flexibility index (Phi) is 5.53. The zero-order valence-electron chi connectivity index (χ0n) is 11.0. The molecule has 0 fully saturated rings. The molecule has 0 saturated carbocycles. The molecule has 0 radical (unpaired) electrons. The van der Waals surface area contributed by atoms with Crippen LogP contribution < -0.4 is 5.32 Å². The molecular formula is C13H25N3. The third-order valence-corrected chi connectivity index (χ3v) is 3.08. The second-order valence-corrected chi connectivity index (χ2v) is 4.71. The SMILES string of the molecule is CCC(CC)Cn1ccnc1CNC(C)C. The Hall–Kier alpha value is -0.830. The quantitative estimate of drug-likeness (QED) is 0.770. The minimum atomic E-state index is 0.512. The van der Waals surface area contributed by atoms with Gasteiger partial charge in [-0.25, -0.2) is 4.98 Å². The van der Waals surface area contributed by atoms with E-state index in [1.807, 2.05) is 6.20 Å². The van der Waals surface area contributed by atoms with Crippen LogP contribution in [-0.2, 0) is 13.1 Å². The number of hydrogen-bond acceptors (Lipinski definition) is 2. The third-order valence-electron chi connectivity index (χ3n) is 3.08. The van der Waals surface area contributed by atoms with Crippen molar-refractivity contribution in [2.45, 2.75) is 59.7 Å². The minimum Gasteiger partial charge on any atom is -0.334 e. The van der Waals surface area contributed by atoms with Crippen LogP contribution in [0.3, 0.4) is 0 Å². The first kappa shape index (κ1) is 13.2. The number of nitrogens with zero attached hydrogens (tertiary/aromatic N) is 2. The lowest BCUT2D eigenvalue weighted by atomic mass is 10.0. The van der Waals surface area contributed by atoms with Crippen molar-refractivity contribution in [1.82, 2.24) is 14.9 Å². The second-order valence-electron chi connectivity index (χ2n) is 4.71. The number of nitrogens with one attached hydrogen (secondary N) is 1. The molecule has 3 nitrogen and oxygen atoms in total. The van der Waals surface area contributed by atoms with Crippen LogP contribution in [0, 0.1) is 5.92 Å². The van der Waals surface area contributed by atoms with Gasteiger partial charge >= 0.3 is 0 Å². The van der Waals surface area contributed by atoms with E-state index >= 15 is 0 Å². The van der Waals surface area contributed by atoms with E-state index in [0.717, 1.165) is 24.8 Å². The molecule has 0 bridgehead atoms. The highest BCUT2D eigenvalue weighted by molar-refractivity contribution is 4.92. The molecule has 0 aliphatic heterocycles. The van der Waals surface area contributed by atoms with Gasteiger partial charge in [0.05, 0.1) is 6.54 Å². The Labute approximate surface area is 99.3 Å². The van der Waals surface area contributed by atoms with Crippen LogP contribution in [0.5, 0.6) is 0 Å². The van der Waals surface area contributed by atoms with E-state index in [0.29, 0.717) is 6.04 Å². The van der Waals surface area contributed by atoms with Gasteiger partial charge in [0.2, 0.25) is 0 Å². The highest BCUT2D eigenvalue weighted by Crippen LogP contribution is 2.12. The van der Waals surface area contributed by atoms with Crippen LogP contribution in [0.4, 0.5) is 0 Å². The van der Waals surface area contributed by atoms with Gasteiger partial charge in [-0.15, -0.1) is 0 Å². The highest BCUT2D eigenvalue weighted by atomic mass is 15.1. The van der Waals surface area contributed by atoms with E-state index in [4.69, 9.17) is 0 Å². The van der Waals surface area contributed by atoms with Gasteiger partial charge in [-0.2, -0.15) is 0 Å². The van der Waals surface area contributed by atoms with E-state index < -0.39 is 0 Å². The van der Waals surface area contributed by atoms with Crippen molar-refractivity contribution in [3.63, 3.8) is 0 Å². The van der Waals surface area contributed by atoms with Crippen LogP contribution in [0.2, 0.25) is 0 Å². The zero-order chi connectivity index (χ0) is 12.0. The molecule has 0 aromatic carbocycles. The lowest BCUT2D eigenvalue weighted by molar-refractivity contribution is 0.405. The molecule has 0 atom stereocenters. The summed E-state index contributed by atoms with van der Waals surface area (Å²) in [5, 5.41) is 3.41. The molecule has 0 saturated heterocycles. The van der Waals surface area contributed by atoms with Crippen molar-refractivity contribution in [1.29, 1.82) is 0 Å². The third kappa shape index (κ3) is 3.97. The maximum atomic E-state index is 4.41. The number of imidazole rings is 1. The number of rotatable bonds is 7. The maximum absolute atomic E-state index is 4.41. The van der Waals surface area contributed by atoms with Gasteiger partial charge in [0.15, 0.2) is 0 Å². The van der Waals surface area contributed by atoms with E-state index in [2.05, 4.69) is 48.8 Å². The fourth-order valence-corrected chi connectivity index (χ4v) is 1.79. The summed E-state index contributed by atoms with van der Waals surface area (Å²) in [6.45, 7) is 10.8. The van der Waals surface area contributed by atoms with Crippen molar-refractivity contribution in [2.75, 3.05) is 0 Å². The van der Waals surface area contributed by atoms with Crippen molar-refractivity contribution < 1.29 is 0 Å². The molecule has 1 aromatic heterocycles. The minimum absolute atomic E-state index is 0.512. The lowest BCUT2D eigenvalue weighted by Gasteiger charge is -2.16. The molecule has 0 unspecified atom stereocenters. The summed E-state index contributed by atoms with van der Waals surface area (Å²) in [7, 11) is 0. The first-order valence-electron chi connectivity index (χ1n) is 6.40. The Morgan fingerprint density at radius 1 is 1.31 bits per heavy atom. The number of aromatic nitrogens is 2. The topological polar surface area (TPSA) is 29.9 Å². The maximum Gasteiger partial charge on any atom is 0.122 e. The van der Waals surface area contributed by atoms with Gasteiger partial charge in [0.1, 0.15) is 5.82 Å². The van der Waals surface area contributed by atoms with Crippen LogP contribution in [-0.4, -0.2) is 15.6 Å². The molecule has 0 aliphatic rings. The average molecular weight is 223 g/mol. The summed E-state index contributed by atoms with van der Waals surface area (Å²) in [5.41, 5.74) is 0. The monoisotopic (exact) mass is 223 g/mol. The summed E-state index contributed by atoms with van der Waals surface area (Å²) in [6.07, 6.45) is 6.48. The van der Waals surface area contributed by atoms with Gasteiger partial charge in [-0.3, -0.25) is 0 Å². The van der Waals surface area contributed by atoms with Crippen molar-refractivity contribution in [2.24, 2.45) is 5.92 Å². The summed E-state index contributed by atoms with van der Waals surface area (Å²) in [6, 6.07) is 0.512. The molecule has 92 valence electrons. The average Bonchev–Trinajstić information content (AvgIpc) is 2.70. The molecule has 1 N–H and O–H groups in total. The fourth-order valence-electron chi connectivity index (χ4n) is 1.79. The van der Waals surface area contributed by atoms with Crippen molar-refractivity contribution in [3.05, 3.63) is 18.2 Å². The summed E-state index contributed by atoms with van der Waals surface area (Å²) >= 11 is 0. The fraction of sp³-hybridized carbons (Fsp3) is 0.769. The predicted octanol–water partition coefficient (Wildman–Crippen LogP) is 2.82. The van der Waals surface area contributed by atoms with Gasteiger partial charge < -0.3 is 9.88 Å². The van der Waals surface area contributed by atoms with E-state index in [1.165, 1.54) is 12.8 Å². The normalized spacial score (nSPS) is 11.6. The summed E-state index contributed by atoms with van der Waals surface area (Å²) in [4.78, 5) is 4.41. The zero-order valence-corrected chi connectivity index (χ0v) is 11.0. The molecule has 16 heavy (non-hydrogen) atoms. The van der Waals surface area contributed by atoms with E-state index in [-0.39, 0.29) is 0 Å². The molecule has 0 aliphatic carbocycles. The van der Waals surface area contributed by atoms with E-state index in [9.17, 15) is 0 Å². The van der Waals surface area contributed by atoms with Crippen LogP contribution in [0.25, 0.3) is 0 Å². The van der Waals surface area contributed by atoms with Crippen LogP contribution in [0.1, 0.15) is 46.4 Å². The molecule has 0 spiro atoms. The standard InChI is InChI=1S/C13H25N3/c1-5-12(6-2)10-16-8-7-14-13(16)9-15-11(3)4/h7-8,11-12,15H,5-6,9-10H2,1-4H3. The number of hydrogen-bond donors (Lipinski definition) is 1. The van der Waals surface area contributed by atoms with Crippen LogP contribution >= 0.6 is 0 Å². The molecule has 1 aromatic rings. The van der Waals surface area contributed by atoms with Crippen LogP contribution in [0.15, 0.2) is 12.4 Å². The molecule has 0 amide bonds. The van der Waals surface area contributed by atoms with Crippen molar-refractivity contribution >= 4 is 0 Å². The smallest absolute Gasteiger partial charge is 0.122 e.